The molecule has 1 fully saturated rings. The lowest BCUT2D eigenvalue weighted by Gasteiger charge is -2.30. The molecule has 0 aromatic heterocycles. The molecule has 110 valence electrons. The minimum atomic E-state index is 0.0975. The van der Waals surface area contributed by atoms with Crippen molar-refractivity contribution in [3.8, 4) is 0 Å². The molecule has 1 atom stereocenters. The average Bonchev–Trinajstić information content (AvgIpc) is 2.48. The van der Waals surface area contributed by atoms with E-state index in [1.807, 2.05) is 31.2 Å². The fraction of sp³-hybridized carbons (Fsp3) is 0.588. The summed E-state index contributed by atoms with van der Waals surface area (Å²) >= 11 is 0. The largest absolute Gasteiger partial charge is 0.352 e. The van der Waals surface area contributed by atoms with Gasteiger partial charge >= 0.3 is 0 Å². The lowest BCUT2D eigenvalue weighted by Crippen LogP contribution is -2.46. The van der Waals surface area contributed by atoms with E-state index in [2.05, 4.69) is 5.32 Å². The summed E-state index contributed by atoms with van der Waals surface area (Å²) in [5.41, 5.74) is 8.13. The summed E-state index contributed by atoms with van der Waals surface area (Å²) in [4.78, 5) is 12.2. The molecule has 20 heavy (non-hydrogen) atoms. The summed E-state index contributed by atoms with van der Waals surface area (Å²) < 4.78 is 0. The van der Waals surface area contributed by atoms with Crippen molar-refractivity contribution in [1.82, 2.24) is 5.32 Å². The third-order valence-electron chi connectivity index (χ3n) is 4.43. The maximum absolute atomic E-state index is 12.2. The van der Waals surface area contributed by atoms with Crippen LogP contribution in [0.5, 0.6) is 0 Å². The molecule has 0 bridgehead atoms. The molecule has 1 aromatic rings. The minimum Gasteiger partial charge on any atom is -0.352 e. The predicted molar refractivity (Wildman–Crippen MR) is 82.4 cm³/mol. The summed E-state index contributed by atoms with van der Waals surface area (Å²) in [6.07, 6.45) is 6.73. The van der Waals surface area contributed by atoms with Crippen molar-refractivity contribution in [2.45, 2.75) is 51.5 Å². The van der Waals surface area contributed by atoms with Gasteiger partial charge in [-0.15, -0.1) is 0 Å². The number of hydrogen-bond acceptors (Lipinski definition) is 2. The van der Waals surface area contributed by atoms with Crippen molar-refractivity contribution in [2.24, 2.45) is 11.7 Å². The number of nitrogens with one attached hydrogen (secondary N) is 1. The first-order valence-corrected chi connectivity index (χ1v) is 7.74. The predicted octanol–water partition coefficient (Wildman–Crippen LogP) is 2.56. The number of hydrogen-bond donors (Lipinski definition) is 2. The van der Waals surface area contributed by atoms with Crippen LogP contribution in [0.15, 0.2) is 24.3 Å². The number of carbonyl (C=O) groups is 1. The van der Waals surface area contributed by atoms with Crippen molar-refractivity contribution in [1.29, 1.82) is 0 Å². The fourth-order valence-electron chi connectivity index (χ4n) is 3.14. The van der Waals surface area contributed by atoms with E-state index in [-0.39, 0.29) is 11.9 Å². The monoisotopic (exact) mass is 274 g/mol. The molecular formula is C17H26N2O. The first-order valence-electron chi connectivity index (χ1n) is 7.74. The van der Waals surface area contributed by atoms with Gasteiger partial charge in [0.2, 0.25) is 5.91 Å². The van der Waals surface area contributed by atoms with Crippen molar-refractivity contribution in [3.05, 3.63) is 35.4 Å². The number of rotatable bonds is 5. The Kier molecular flexibility index (Phi) is 5.60. The second kappa shape index (κ2) is 7.44. The van der Waals surface area contributed by atoms with Crippen molar-refractivity contribution in [3.63, 3.8) is 0 Å². The molecule has 0 heterocycles. The quantitative estimate of drug-likeness (QED) is 0.867. The molecule has 1 amide bonds. The second-order valence-corrected chi connectivity index (χ2v) is 5.91. The van der Waals surface area contributed by atoms with E-state index in [1.54, 1.807) is 0 Å². The topological polar surface area (TPSA) is 55.1 Å². The molecule has 3 N–H and O–H groups in total. The zero-order chi connectivity index (χ0) is 14.4. The number of aryl methyl sites for hydroxylation is 1. The third-order valence-corrected chi connectivity index (χ3v) is 4.43. The van der Waals surface area contributed by atoms with E-state index in [4.69, 9.17) is 5.73 Å². The van der Waals surface area contributed by atoms with Gasteiger partial charge in [0.1, 0.15) is 0 Å². The van der Waals surface area contributed by atoms with Crippen molar-refractivity contribution in [2.75, 3.05) is 6.54 Å². The van der Waals surface area contributed by atoms with E-state index in [0.717, 1.165) is 5.56 Å². The summed E-state index contributed by atoms with van der Waals surface area (Å²) in [6, 6.07) is 8.20. The Morgan fingerprint density at radius 2 is 2.00 bits per heavy atom. The van der Waals surface area contributed by atoms with Gasteiger partial charge in [-0.25, -0.2) is 0 Å². The van der Waals surface area contributed by atoms with Crippen LogP contribution in [0.4, 0.5) is 0 Å². The normalized spacial score (nSPS) is 17.7. The Balaban J connectivity index is 1.90. The lowest BCUT2D eigenvalue weighted by atomic mass is 9.84. The van der Waals surface area contributed by atoms with Gasteiger partial charge in [-0.05, 0) is 36.8 Å². The Hall–Kier alpha value is -1.35. The number of nitrogens with two attached hydrogens (primary N) is 1. The van der Waals surface area contributed by atoms with Crippen molar-refractivity contribution >= 4 is 5.91 Å². The molecule has 2 rings (SSSR count). The van der Waals surface area contributed by atoms with Crippen LogP contribution in [0.2, 0.25) is 0 Å². The van der Waals surface area contributed by atoms with E-state index < -0.39 is 0 Å². The maximum atomic E-state index is 12.2. The first kappa shape index (κ1) is 15.0. The molecule has 1 aromatic carbocycles. The molecule has 0 aliphatic heterocycles. The molecule has 1 aliphatic rings. The van der Waals surface area contributed by atoms with Crippen LogP contribution in [0.3, 0.4) is 0 Å². The van der Waals surface area contributed by atoms with Crippen LogP contribution in [0.25, 0.3) is 0 Å². The van der Waals surface area contributed by atoms with Crippen LogP contribution >= 0.6 is 0 Å². The number of amides is 1. The standard InChI is InChI=1S/C17H26N2O/c1-13-7-5-6-10-15(13)11-17(20)19-16(12-18)14-8-3-2-4-9-14/h5-7,10,14,16H,2-4,8-9,11-12,18H2,1H3,(H,19,20). The Bertz CT molecular complexity index is 438. The highest BCUT2D eigenvalue weighted by Crippen LogP contribution is 2.26. The highest BCUT2D eigenvalue weighted by atomic mass is 16.1. The van der Waals surface area contributed by atoms with E-state index in [1.165, 1.54) is 37.7 Å². The van der Waals surface area contributed by atoms with Gasteiger partial charge in [-0.2, -0.15) is 0 Å². The van der Waals surface area contributed by atoms with Crippen LogP contribution < -0.4 is 11.1 Å². The molecule has 1 saturated carbocycles. The van der Waals surface area contributed by atoms with E-state index in [0.29, 0.717) is 18.9 Å². The van der Waals surface area contributed by atoms with Crippen LogP contribution in [0, 0.1) is 12.8 Å². The SMILES string of the molecule is Cc1ccccc1CC(=O)NC(CN)C1CCCCC1. The van der Waals surface area contributed by atoms with Gasteiger partial charge in [0, 0.05) is 12.6 Å². The minimum absolute atomic E-state index is 0.0975. The number of benzene rings is 1. The third kappa shape index (κ3) is 4.07. The molecule has 0 spiro atoms. The van der Waals surface area contributed by atoms with Crippen LogP contribution in [-0.2, 0) is 11.2 Å². The van der Waals surface area contributed by atoms with Crippen LogP contribution in [0.1, 0.15) is 43.2 Å². The van der Waals surface area contributed by atoms with Gasteiger partial charge in [0.05, 0.1) is 6.42 Å². The fourth-order valence-corrected chi connectivity index (χ4v) is 3.14. The van der Waals surface area contributed by atoms with Crippen molar-refractivity contribution < 1.29 is 4.79 Å². The Morgan fingerprint density at radius 1 is 1.30 bits per heavy atom. The highest BCUT2D eigenvalue weighted by molar-refractivity contribution is 5.79. The highest BCUT2D eigenvalue weighted by Gasteiger charge is 2.23. The smallest absolute Gasteiger partial charge is 0.224 e. The van der Waals surface area contributed by atoms with Gasteiger partial charge in [-0.1, -0.05) is 43.5 Å². The molecule has 3 heteroatoms. The summed E-state index contributed by atoms with van der Waals surface area (Å²) in [5.74, 6) is 0.662. The first-order chi connectivity index (χ1) is 9.70. The summed E-state index contributed by atoms with van der Waals surface area (Å²) in [6.45, 7) is 2.59. The Labute approximate surface area is 121 Å². The molecule has 0 saturated heterocycles. The van der Waals surface area contributed by atoms with E-state index >= 15 is 0 Å². The summed E-state index contributed by atoms with van der Waals surface area (Å²) in [5, 5.41) is 3.15. The van der Waals surface area contributed by atoms with Gasteiger partial charge in [-0.3, -0.25) is 4.79 Å². The lowest BCUT2D eigenvalue weighted by molar-refractivity contribution is -0.121. The average molecular weight is 274 g/mol. The zero-order valence-electron chi connectivity index (χ0n) is 12.4. The number of carbonyl (C=O) groups excluding carboxylic acids is 1. The maximum Gasteiger partial charge on any atom is 0.224 e. The van der Waals surface area contributed by atoms with Gasteiger partial charge in [0.25, 0.3) is 0 Å². The molecule has 1 aliphatic carbocycles. The molecule has 1 unspecified atom stereocenters. The molecular weight excluding hydrogens is 248 g/mol. The summed E-state index contributed by atoms with van der Waals surface area (Å²) in [7, 11) is 0. The molecule has 0 radical (unpaired) electrons. The van der Waals surface area contributed by atoms with Crippen LogP contribution in [-0.4, -0.2) is 18.5 Å². The zero-order valence-corrected chi connectivity index (χ0v) is 12.4. The molecule has 3 nitrogen and oxygen atoms in total. The second-order valence-electron chi connectivity index (χ2n) is 5.91. The van der Waals surface area contributed by atoms with Gasteiger partial charge in [0.15, 0.2) is 0 Å². The van der Waals surface area contributed by atoms with Gasteiger partial charge < -0.3 is 11.1 Å². The Morgan fingerprint density at radius 3 is 2.65 bits per heavy atom. The van der Waals surface area contributed by atoms with E-state index in [9.17, 15) is 4.79 Å².